The molecule has 1 saturated carbocycles. The molecule has 2 rings (SSSR count). The third kappa shape index (κ3) is 4.52. The highest BCUT2D eigenvalue weighted by Crippen LogP contribution is 2.35. The minimum Gasteiger partial charge on any atom is -0.491 e. The number of ether oxygens (including phenoxy) is 1. The normalized spacial score (nSPS) is 17.0. The van der Waals surface area contributed by atoms with Gasteiger partial charge in [0.1, 0.15) is 5.75 Å². The van der Waals surface area contributed by atoms with Gasteiger partial charge in [-0.1, -0.05) is 38.3 Å². The summed E-state index contributed by atoms with van der Waals surface area (Å²) in [5, 5.41) is 3.70. The zero-order valence-corrected chi connectivity index (χ0v) is 13.2. The van der Waals surface area contributed by atoms with Crippen LogP contribution in [0.3, 0.4) is 0 Å². The SMILES string of the molecule is CCCNC(CC1CCC1)c1ccc(OC(C)C)cc1. The fraction of sp³-hybridized carbons (Fsp3) is 0.667. The molecular weight excluding hydrogens is 246 g/mol. The second kappa shape index (κ2) is 7.68. The Kier molecular flexibility index (Phi) is 5.90. The second-order valence-electron chi connectivity index (χ2n) is 6.27. The zero-order valence-electron chi connectivity index (χ0n) is 13.2. The Morgan fingerprint density at radius 3 is 2.40 bits per heavy atom. The number of hydrogen-bond acceptors (Lipinski definition) is 2. The lowest BCUT2D eigenvalue weighted by molar-refractivity contribution is 0.242. The smallest absolute Gasteiger partial charge is 0.119 e. The third-order valence-electron chi connectivity index (χ3n) is 4.09. The first-order chi connectivity index (χ1) is 9.69. The molecule has 2 heteroatoms. The molecule has 0 bridgehead atoms. The van der Waals surface area contributed by atoms with E-state index in [0.29, 0.717) is 6.04 Å². The van der Waals surface area contributed by atoms with Crippen LogP contribution in [0.4, 0.5) is 0 Å². The van der Waals surface area contributed by atoms with E-state index >= 15 is 0 Å². The van der Waals surface area contributed by atoms with Gasteiger partial charge in [0.2, 0.25) is 0 Å². The van der Waals surface area contributed by atoms with Crippen molar-refractivity contribution >= 4 is 0 Å². The zero-order chi connectivity index (χ0) is 14.4. The highest BCUT2D eigenvalue weighted by molar-refractivity contribution is 5.29. The Bertz CT molecular complexity index is 381. The summed E-state index contributed by atoms with van der Waals surface area (Å²) in [6.45, 7) is 7.46. The summed E-state index contributed by atoms with van der Waals surface area (Å²) < 4.78 is 5.72. The maximum absolute atomic E-state index is 5.72. The van der Waals surface area contributed by atoms with Gasteiger partial charge in [0.05, 0.1) is 6.10 Å². The maximum atomic E-state index is 5.72. The molecule has 1 aromatic rings. The van der Waals surface area contributed by atoms with E-state index in [1.54, 1.807) is 0 Å². The molecule has 0 radical (unpaired) electrons. The van der Waals surface area contributed by atoms with Crippen LogP contribution in [0.5, 0.6) is 5.75 Å². The van der Waals surface area contributed by atoms with Gasteiger partial charge in [-0.3, -0.25) is 0 Å². The minimum atomic E-state index is 0.241. The largest absolute Gasteiger partial charge is 0.491 e. The van der Waals surface area contributed by atoms with Gasteiger partial charge in [-0.25, -0.2) is 0 Å². The molecule has 0 aliphatic heterocycles. The molecule has 1 atom stereocenters. The van der Waals surface area contributed by atoms with Crippen molar-refractivity contribution in [3.8, 4) is 5.75 Å². The highest BCUT2D eigenvalue weighted by atomic mass is 16.5. The van der Waals surface area contributed by atoms with Crippen LogP contribution in [0.1, 0.15) is 64.5 Å². The summed E-state index contributed by atoms with van der Waals surface area (Å²) in [7, 11) is 0. The first kappa shape index (κ1) is 15.4. The molecule has 1 N–H and O–H groups in total. The topological polar surface area (TPSA) is 21.3 Å². The lowest BCUT2D eigenvalue weighted by Gasteiger charge is -2.30. The lowest BCUT2D eigenvalue weighted by atomic mass is 9.79. The first-order valence-corrected chi connectivity index (χ1v) is 8.19. The summed E-state index contributed by atoms with van der Waals surface area (Å²) >= 11 is 0. The van der Waals surface area contributed by atoms with Gasteiger partial charge in [-0.15, -0.1) is 0 Å². The summed E-state index contributed by atoms with van der Waals surface area (Å²) in [5.41, 5.74) is 1.40. The van der Waals surface area contributed by atoms with Crippen molar-refractivity contribution in [2.75, 3.05) is 6.54 Å². The molecular formula is C18H29NO. The van der Waals surface area contributed by atoms with Gasteiger partial charge in [0, 0.05) is 6.04 Å². The van der Waals surface area contributed by atoms with E-state index < -0.39 is 0 Å². The molecule has 1 aliphatic carbocycles. The Morgan fingerprint density at radius 1 is 1.20 bits per heavy atom. The van der Waals surface area contributed by atoms with Gasteiger partial charge < -0.3 is 10.1 Å². The Morgan fingerprint density at radius 2 is 1.90 bits per heavy atom. The van der Waals surface area contributed by atoms with Crippen molar-refractivity contribution in [1.82, 2.24) is 5.32 Å². The number of hydrogen-bond donors (Lipinski definition) is 1. The molecule has 0 aromatic heterocycles. The molecule has 1 unspecified atom stereocenters. The van der Waals surface area contributed by atoms with Gasteiger partial charge >= 0.3 is 0 Å². The third-order valence-corrected chi connectivity index (χ3v) is 4.09. The van der Waals surface area contributed by atoms with E-state index in [1.807, 2.05) is 0 Å². The van der Waals surface area contributed by atoms with Crippen molar-refractivity contribution in [3.63, 3.8) is 0 Å². The van der Waals surface area contributed by atoms with E-state index in [2.05, 4.69) is 50.4 Å². The van der Waals surface area contributed by atoms with E-state index in [4.69, 9.17) is 4.74 Å². The summed E-state index contributed by atoms with van der Waals surface area (Å²) in [5.74, 6) is 1.90. The molecule has 0 saturated heterocycles. The fourth-order valence-corrected chi connectivity index (χ4v) is 2.77. The van der Waals surface area contributed by atoms with E-state index in [-0.39, 0.29) is 6.10 Å². The van der Waals surface area contributed by atoms with Crippen molar-refractivity contribution in [1.29, 1.82) is 0 Å². The monoisotopic (exact) mass is 275 g/mol. The predicted molar refractivity (Wildman–Crippen MR) is 85.2 cm³/mol. The van der Waals surface area contributed by atoms with Crippen LogP contribution in [0.15, 0.2) is 24.3 Å². The van der Waals surface area contributed by atoms with E-state index in [0.717, 1.165) is 18.2 Å². The van der Waals surface area contributed by atoms with Gasteiger partial charge in [0.25, 0.3) is 0 Å². The van der Waals surface area contributed by atoms with Crippen LogP contribution in [-0.2, 0) is 0 Å². The number of benzene rings is 1. The second-order valence-corrected chi connectivity index (χ2v) is 6.27. The summed E-state index contributed by atoms with van der Waals surface area (Å²) in [4.78, 5) is 0. The van der Waals surface area contributed by atoms with Crippen LogP contribution < -0.4 is 10.1 Å². The Hall–Kier alpha value is -1.02. The molecule has 1 aliphatic rings. The fourth-order valence-electron chi connectivity index (χ4n) is 2.77. The molecule has 1 fully saturated rings. The number of nitrogens with one attached hydrogen (secondary N) is 1. The molecule has 0 amide bonds. The van der Waals surface area contributed by atoms with Crippen molar-refractivity contribution in [2.45, 2.75) is 65.0 Å². The number of rotatable bonds is 8. The van der Waals surface area contributed by atoms with Crippen molar-refractivity contribution < 1.29 is 4.74 Å². The van der Waals surface area contributed by atoms with Crippen LogP contribution in [0.2, 0.25) is 0 Å². The van der Waals surface area contributed by atoms with Crippen LogP contribution in [0, 0.1) is 5.92 Å². The van der Waals surface area contributed by atoms with E-state index in [1.165, 1.54) is 37.7 Å². The molecule has 20 heavy (non-hydrogen) atoms. The van der Waals surface area contributed by atoms with Crippen LogP contribution >= 0.6 is 0 Å². The average molecular weight is 275 g/mol. The highest BCUT2D eigenvalue weighted by Gasteiger charge is 2.22. The molecule has 2 nitrogen and oxygen atoms in total. The first-order valence-electron chi connectivity index (χ1n) is 8.19. The van der Waals surface area contributed by atoms with Crippen molar-refractivity contribution in [2.24, 2.45) is 5.92 Å². The summed E-state index contributed by atoms with van der Waals surface area (Å²) in [6.07, 6.45) is 6.97. The standard InChI is InChI=1S/C18H29NO/c1-4-12-19-18(13-15-6-5-7-15)16-8-10-17(11-9-16)20-14(2)3/h8-11,14-15,18-19H,4-7,12-13H2,1-3H3. The van der Waals surface area contributed by atoms with Gasteiger partial charge in [-0.05, 0) is 56.8 Å². The van der Waals surface area contributed by atoms with E-state index in [9.17, 15) is 0 Å². The van der Waals surface area contributed by atoms with Gasteiger partial charge in [-0.2, -0.15) is 0 Å². The van der Waals surface area contributed by atoms with Gasteiger partial charge in [0.15, 0.2) is 0 Å². The molecule has 0 heterocycles. The van der Waals surface area contributed by atoms with Crippen LogP contribution in [0.25, 0.3) is 0 Å². The maximum Gasteiger partial charge on any atom is 0.119 e. The predicted octanol–water partition coefficient (Wildman–Crippen LogP) is 4.70. The summed E-state index contributed by atoms with van der Waals surface area (Å²) in [6, 6.07) is 9.18. The van der Waals surface area contributed by atoms with Crippen molar-refractivity contribution in [3.05, 3.63) is 29.8 Å². The molecule has 0 spiro atoms. The average Bonchev–Trinajstić information content (AvgIpc) is 2.37. The minimum absolute atomic E-state index is 0.241. The molecule has 112 valence electrons. The van der Waals surface area contributed by atoms with Crippen LogP contribution in [-0.4, -0.2) is 12.6 Å². The lowest BCUT2D eigenvalue weighted by Crippen LogP contribution is -2.26. The Labute approximate surface area is 123 Å². The Balaban J connectivity index is 1.98. The molecule has 1 aromatic carbocycles. The quantitative estimate of drug-likeness (QED) is 0.742.